The molecule has 0 bridgehead atoms. The van der Waals surface area contributed by atoms with Gasteiger partial charge in [0.1, 0.15) is 5.69 Å². The van der Waals surface area contributed by atoms with Crippen LogP contribution in [0.1, 0.15) is 31.7 Å². The summed E-state index contributed by atoms with van der Waals surface area (Å²) in [6.45, 7) is 6.49. The summed E-state index contributed by atoms with van der Waals surface area (Å²) in [5, 5.41) is 8.13. The van der Waals surface area contributed by atoms with E-state index in [2.05, 4.69) is 17.2 Å². The van der Waals surface area contributed by atoms with Gasteiger partial charge in [-0.15, -0.1) is 16.7 Å². The lowest BCUT2D eigenvalue weighted by Crippen LogP contribution is -2.08. The van der Waals surface area contributed by atoms with E-state index in [9.17, 15) is 0 Å². The van der Waals surface area contributed by atoms with Crippen LogP contribution in [0.25, 0.3) is 0 Å². The van der Waals surface area contributed by atoms with Crippen molar-refractivity contribution in [3.8, 4) is 0 Å². The third-order valence-corrected chi connectivity index (χ3v) is 2.50. The summed E-state index contributed by atoms with van der Waals surface area (Å²) < 4.78 is 7.20. The van der Waals surface area contributed by atoms with E-state index in [1.54, 1.807) is 0 Å². The average molecular weight is 232 g/mol. The lowest BCUT2D eigenvalue weighted by atomic mass is 10.3. The van der Waals surface area contributed by atoms with Gasteiger partial charge in [-0.2, -0.15) is 0 Å². The molecule has 0 fully saturated rings. The Morgan fingerprint density at radius 2 is 2.20 bits per heavy atom. The Kier molecular flexibility index (Phi) is 5.65. The van der Waals surface area contributed by atoms with Crippen molar-refractivity contribution < 1.29 is 4.74 Å². The van der Waals surface area contributed by atoms with Crippen molar-refractivity contribution in [1.82, 2.24) is 15.0 Å². The molecule has 0 aliphatic heterocycles. The van der Waals surface area contributed by atoms with Crippen LogP contribution in [0.3, 0.4) is 0 Å². The van der Waals surface area contributed by atoms with E-state index in [-0.39, 0.29) is 0 Å². The number of alkyl halides is 1. The molecule has 1 aromatic rings. The van der Waals surface area contributed by atoms with Crippen LogP contribution in [0.15, 0.2) is 0 Å². The van der Waals surface area contributed by atoms with Crippen molar-refractivity contribution in [1.29, 1.82) is 0 Å². The molecular formula is C10H18ClN3O. The second-order valence-electron chi connectivity index (χ2n) is 3.24. The van der Waals surface area contributed by atoms with E-state index in [0.717, 1.165) is 44.0 Å². The zero-order valence-electron chi connectivity index (χ0n) is 9.37. The molecule has 0 N–H and O–H groups in total. The average Bonchev–Trinajstić information content (AvgIpc) is 2.66. The predicted molar refractivity (Wildman–Crippen MR) is 60.1 cm³/mol. The number of rotatable bonds is 7. The normalized spacial score (nSPS) is 10.9. The summed E-state index contributed by atoms with van der Waals surface area (Å²) in [4.78, 5) is 0. The Hall–Kier alpha value is -0.610. The first-order valence-corrected chi connectivity index (χ1v) is 5.91. The lowest BCUT2D eigenvalue weighted by molar-refractivity contribution is 0.140. The Bertz CT molecular complexity index is 288. The molecule has 15 heavy (non-hydrogen) atoms. The highest BCUT2D eigenvalue weighted by Gasteiger charge is 2.09. The maximum Gasteiger partial charge on any atom is 0.101 e. The number of hydrogen-bond donors (Lipinski definition) is 0. The van der Waals surface area contributed by atoms with Crippen LogP contribution in [-0.4, -0.2) is 28.2 Å². The summed E-state index contributed by atoms with van der Waals surface area (Å²) in [6.07, 6.45) is 1.88. The molecule has 0 unspecified atom stereocenters. The zero-order chi connectivity index (χ0) is 11.1. The molecule has 1 heterocycles. The smallest absolute Gasteiger partial charge is 0.101 e. The highest BCUT2D eigenvalue weighted by atomic mass is 35.5. The van der Waals surface area contributed by atoms with Crippen molar-refractivity contribution >= 4 is 11.6 Å². The Morgan fingerprint density at radius 3 is 2.80 bits per heavy atom. The van der Waals surface area contributed by atoms with Gasteiger partial charge in [0, 0.05) is 19.8 Å². The van der Waals surface area contributed by atoms with Crippen LogP contribution in [0.2, 0.25) is 0 Å². The van der Waals surface area contributed by atoms with Crippen LogP contribution in [0, 0.1) is 0 Å². The van der Waals surface area contributed by atoms with Crippen molar-refractivity contribution in [3.63, 3.8) is 0 Å². The molecule has 0 aromatic carbocycles. The molecule has 86 valence electrons. The van der Waals surface area contributed by atoms with E-state index < -0.39 is 0 Å². The Labute approximate surface area is 95.6 Å². The molecule has 0 spiro atoms. The van der Waals surface area contributed by atoms with Gasteiger partial charge in [-0.05, 0) is 19.8 Å². The molecule has 0 saturated heterocycles. The highest BCUT2D eigenvalue weighted by molar-refractivity contribution is 6.16. The van der Waals surface area contributed by atoms with E-state index >= 15 is 0 Å². The summed E-state index contributed by atoms with van der Waals surface area (Å²) in [5.74, 6) is 0.439. The van der Waals surface area contributed by atoms with Crippen LogP contribution in [-0.2, 0) is 23.6 Å². The SMILES string of the molecule is CCOCCCn1nnc(CCl)c1CC. The first kappa shape index (κ1) is 12.5. The molecule has 0 amide bonds. The van der Waals surface area contributed by atoms with Gasteiger partial charge in [0.25, 0.3) is 0 Å². The van der Waals surface area contributed by atoms with Gasteiger partial charge < -0.3 is 4.74 Å². The number of nitrogens with zero attached hydrogens (tertiary/aromatic N) is 3. The second-order valence-corrected chi connectivity index (χ2v) is 3.51. The summed E-state index contributed by atoms with van der Waals surface area (Å²) >= 11 is 5.77. The van der Waals surface area contributed by atoms with Gasteiger partial charge in [0.2, 0.25) is 0 Å². The predicted octanol–water partition coefficient (Wildman–Crippen LogP) is 2.01. The standard InChI is InChI=1S/C10H18ClN3O/c1-3-10-9(8-11)12-13-14(10)6-5-7-15-4-2/h3-8H2,1-2H3. The lowest BCUT2D eigenvalue weighted by Gasteiger charge is -2.05. The molecular weight excluding hydrogens is 214 g/mol. The molecule has 1 rings (SSSR count). The minimum absolute atomic E-state index is 0.439. The molecule has 0 atom stereocenters. The molecule has 1 aromatic heterocycles. The fourth-order valence-corrected chi connectivity index (χ4v) is 1.71. The van der Waals surface area contributed by atoms with E-state index in [1.807, 2.05) is 11.6 Å². The summed E-state index contributed by atoms with van der Waals surface area (Å²) in [5.41, 5.74) is 2.04. The number of halogens is 1. The van der Waals surface area contributed by atoms with E-state index in [4.69, 9.17) is 16.3 Å². The highest BCUT2D eigenvalue weighted by Crippen LogP contribution is 2.09. The third kappa shape index (κ3) is 3.47. The number of aromatic nitrogens is 3. The Morgan fingerprint density at radius 1 is 1.40 bits per heavy atom. The fraction of sp³-hybridized carbons (Fsp3) is 0.800. The topological polar surface area (TPSA) is 39.9 Å². The first-order valence-electron chi connectivity index (χ1n) is 5.38. The summed E-state index contributed by atoms with van der Waals surface area (Å²) in [7, 11) is 0. The van der Waals surface area contributed by atoms with Crippen LogP contribution < -0.4 is 0 Å². The molecule has 4 nitrogen and oxygen atoms in total. The number of hydrogen-bond acceptors (Lipinski definition) is 3. The summed E-state index contributed by atoms with van der Waals surface area (Å²) in [6, 6.07) is 0. The number of ether oxygens (including phenoxy) is 1. The van der Waals surface area contributed by atoms with Gasteiger partial charge >= 0.3 is 0 Å². The van der Waals surface area contributed by atoms with Gasteiger partial charge in [-0.25, -0.2) is 4.68 Å². The van der Waals surface area contributed by atoms with E-state index in [1.165, 1.54) is 0 Å². The van der Waals surface area contributed by atoms with Crippen LogP contribution in [0.5, 0.6) is 0 Å². The quantitative estimate of drug-likeness (QED) is 0.532. The van der Waals surface area contributed by atoms with Crippen LogP contribution >= 0.6 is 11.6 Å². The van der Waals surface area contributed by atoms with Crippen molar-refractivity contribution in [2.24, 2.45) is 0 Å². The maximum atomic E-state index is 5.77. The Balaban J connectivity index is 2.49. The van der Waals surface area contributed by atoms with Gasteiger partial charge in [0.05, 0.1) is 11.6 Å². The maximum absolute atomic E-state index is 5.77. The van der Waals surface area contributed by atoms with Crippen LogP contribution in [0.4, 0.5) is 0 Å². The van der Waals surface area contributed by atoms with Crippen molar-refractivity contribution in [3.05, 3.63) is 11.4 Å². The molecule has 0 saturated carbocycles. The first-order chi connectivity index (χ1) is 7.33. The van der Waals surface area contributed by atoms with Crippen molar-refractivity contribution in [2.45, 2.75) is 39.1 Å². The van der Waals surface area contributed by atoms with Gasteiger partial charge in [0.15, 0.2) is 0 Å². The fourth-order valence-electron chi connectivity index (χ4n) is 1.50. The largest absolute Gasteiger partial charge is 0.382 e. The van der Waals surface area contributed by atoms with E-state index in [0.29, 0.717) is 5.88 Å². The second kappa shape index (κ2) is 6.80. The monoisotopic (exact) mass is 231 g/mol. The zero-order valence-corrected chi connectivity index (χ0v) is 10.1. The minimum atomic E-state index is 0.439. The molecule has 0 aliphatic rings. The molecule has 5 heteroatoms. The van der Waals surface area contributed by atoms with Crippen molar-refractivity contribution in [2.75, 3.05) is 13.2 Å². The minimum Gasteiger partial charge on any atom is -0.382 e. The third-order valence-electron chi connectivity index (χ3n) is 2.24. The van der Waals surface area contributed by atoms with Gasteiger partial charge in [-0.1, -0.05) is 12.1 Å². The molecule has 0 aliphatic carbocycles. The van der Waals surface area contributed by atoms with Gasteiger partial charge in [-0.3, -0.25) is 0 Å². The molecule has 0 radical (unpaired) electrons. The number of aryl methyl sites for hydroxylation is 1.